The average Bonchev–Trinajstić information content (AvgIpc) is 3.14. The molecule has 0 heterocycles. The molecule has 3 atom stereocenters. The van der Waals surface area contributed by atoms with Gasteiger partial charge in [-0.05, 0) is 70.6 Å². The Morgan fingerprint density at radius 2 is 1.20 bits per heavy atom. The van der Waals surface area contributed by atoms with Crippen LogP contribution in [0.1, 0.15) is 162 Å². The van der Waals surface area contributed by atoms with Crippen molar-refractivity contribution in [3.63, 3.8) is 0 Å². The smallest absolute Gasteiger partial charge is 0.306 e. The molecule has 0 radical (unpaired) electrons. The van der Waals surface area contributed by atoms with E-state index in [1.54, 1.807) is 6.08 Å². The molecule has 0 aromatic heterocycles. The number of carbonyl (C=O) groups is 1. The molecule has 3 unspecified atom stereocenters. The average molecular weight is 810 g/mol. The number of likely N-dealkylation sites (N-methyl/N-ethyl adjacent to an activating group) is 1. The predicted molar refractivity (Wildman–Crippen MR) is 232 cm³/mol. The molecule has 10 heteroatoms. The molecule has 0 aliphatic rings. The molecule has 0 aliphatic heterocycles. The van der Waals surface area contributed by atoms with E-state index in [2.05, 4.69) is 50.3 Å². The summed E-state index contributed by atoms with van der Waals surface area (Å²) in [4.78, 5) is 25.1. The molecule has 0 bridgehead atoms. The largest absolute Gasteiger partial charge is 0.756 e. The summed E-state index contributed by atoms with van der Waals surface area (Å²) in [6, 6.07) is 0. The number of hydrogen-bond acceptors (Lipinski definition) is 8. The van der Waals surface area contributed by atoms with Crippen LogP contribution in [0.15, 0.2) is 60.8 Å². The fourth-order valence-electron chi connectivity index (χ4n) is 5.64. The minimum atomic E-state index is -4.58. The highest BCUT2D eigenvalue weighted by Crippen LogP contribution is 2.38. The lowest BCUT2D eigenvalue weighted by atomic mass is 10.1. The Balaban J connectivity index is 4.46. The van der Waals surface area contributed by atoms with Gasteiger partial charge in [0.1, 0.15) is 19.3 Å². The predicted octanol–water partition coefficient (Wildman–Crippen LogP) is 11.3. The molecular weight excluding hydrogens is 725 g/mol. The Labute approximate surface area is 343 Å². The van der Waals surface area contributed by atoms with E-state index in [9.17, 15) is 19.4 Å². The van der Waals surface area contributed by atoms with E-state index in [0.29, 0.717) is 30.5 Å². The fraction of sp³-hybridized carbons (Fsp3) is 0.761. The first-order chi connectivity index (χ1) is 27.0. The number of esters is 1. The maximum atomic E-state index is 12.7. The van der Waals surface area contributed by atoms with E-state index in [-0.39, 0.29) is 26.2 Å². The van der Waals surface area contributed by atoms with E-state index >= 15 is 0 Å². The van der Waals surface area contributed by atoms with Gasteiger partial charge >= 0.3 is 5.97 Å². The normalized spacial score (nSPS) is 14.9. The monoisotopic (exact) mass is 810 g/mol. The highest BCUT2D eigenvalue weighted by Gasteiger charge is 2.20. The Hall–Kier alpha value is -1.84. The van der Waals surface area contributed by atoms with Gasteiger partial charge < -0.3 is 33.0 Å². The topological polar surface area (TPSA) is 114 Å². The molecule has 0 aromatic carbocycles. The molecule has 0 saturated carbocycles. The maximum Gasteiger partial charge on any atom is 0.306 e. The number of phosphoric ester groups is 1. The van der Waals surface area contributed by atoms with Crippen molar-refractivity contribution in [3.05, 3.63) is 60.8 Å². The number of aliphatic hydroxyl groups excluding tert-OH is 1. The van der Waals surface area contributed by atoms with Crippen LogP contribution < -0.4 is 4.89 Å². The van der Waals surface area contributed by atoms with Crippen molar-refractivity contribution < 1.29 is 42.4 Å². The lowest BCUT2D eigenvalue weighted by Gasteiger charge is -2.28. The van der Waals surface area contributed by atoms with Gasteiger partial charge in [-0.3, -0.25) is 9.36 Å². The summed E-state index contributed by atoms with van der Waals surface area (Å²) < 4.78 is 34.4. The molecule has 9 nitrogen and oxygen atoms in total. The molecule has 0 aromatic rings. The van der Waals surface area contributed by atoms with E-state index in [4.69, 9.17) is 18.5 Å². The van der Waals surface area contributed by atoms with Gasteiger partial charge in [0.15, 0.2) is 0 Å². The Morgan fingerprint density at radius 1 is 0.661 bits per heavy atom. The minimum Gasteiger partial charge on any atom is -0.756 e. The second-order valence-corrected chi connectivity index (χ2v) is 17.3. The van der Waals surface area contributed by atoms with Gasteiger partial charge in [-0.25, -0.2) is 0 Å². The van der Waals surface area contributed by atoms with Crippen molar-refractivity contribution in [1.29, 1.82) is 0 Å². The van der Waals surface area contributed by atoms with Crippen LogP contribution in [0.25, 0.3) is 0 Å². The van der Waals surface area contributed by atoms with Crippen LogP contribution in [-0.2, 0) is 27.9 Å². The van der Waals surface area contributed by atoms with E-state index in [1.165, 1.54) is 83.5 Å². The number of phosphoric acid groups is 1. The van der Waals surface area contributed by atoms with Crippen LogP contribution in [0.3, 0.4) is 0 Å². The highest BCUT2D eigenvalue weighted by atomic mass is 31.2. The van der Waals surface area contributed by atoms with Gasteiger partial charge in [0.2, 0.25) is 0 Å². The third-order valence-electron chi connectivity index (χ3n) is 9.15. The van der Waals surface area contributed by atoms with E-state index in [1.807, 2.05) is 39.4 Å². The van der Waals surface area contributed by atoms with Crippen LogP contribution in [0.5, 0.6) is 0 Å². The Bertz CT molecular complexity index is 1100. The third kappa shape index (κ3) is 41.8. The number of nitrogens with zero attached hydrogens (tertiary/aromatic N) is 1. The van der Waals surface area contributed by atoms with Crippen molar-refractivity contribution in [1.82, 2.24) is 0 Å². The summed E-state index contributed by atoms with van der Waals surface area (Å²) in [5.74, 6) is -0.496. The number of ether oxygens (including phenoxy) is 2. The van der Waals surface area contributed by atoms with Gasteiger partial charge in [-0.1, -0.05) is 145 Å². The molecule has 0 fully saturated rings. The number of aliphatic hydroxyl groups is 1. The Morgan fingerprint density at radius 3 is 1.84 bits per heavy atom. The molecule has 326 valence electrons. The molecular formula is C46H84NO8P. The van der Waals surface area contributed by atoms with E-state index in [0.717, 1.165) is 44.9 Å². The van der Waals surface area contributed by atoms with Gasteiger partial charge in [-0.15, -0.1) is 0 Å². The SMILES string of the molecule is CCCCC/C=C/C/C=C/C/C=C/C=C/C(O)CCCC(=O)OC(COCCCCCCCC/C=C\CCCCCCCC)COP(=O)([O-])OCC[N+](C)(C)C. The zero-order valence-corrected chi connectivity index (χ0v) is 37.3. The van der Waals surface area contributed by atoms with Crippen molar-refractivity contribution in [3.8, 4) is 0 Å². The first-order valence-corrected chi connectivity index (χ1v) is 23.6. The Kier molecular flexibility index (Phi) is 37.4. The second-order valence-electron chi connectivity index (χ2n) is 15.9. The fourth-order valence-corrected chi connectivity index (χ4v) is 6.37. The van der Waals surface area contributed by atoms with Crippen LogP contribution in [0, 0.1) is 0 Å². The van der Waals surface area contributed by atoms with Crippen molar-refractivity contribution in [2.75, 3.05) is 54.1 Å². The van der Waals surface area contributed by atoms with Crippen LogP contribution in [0.2, 0.25) is 0 Å². The molecule has 0 rings (SSSR count). The summed E-state index contributed by atoms with van der Waals surface area (Å²) >= 11 is 0. The molecule has 0 amide bonds. The first-order valence-electron chi connectivity index (χ1n) is 22.1. The number of carbonyl (C=O) groups excluding carboxylic acids is 1. The zero-order valence-electron chi connectivity index (χ0n) is 36.4. The standard InChI is InChI=1S/C46H84NO8P/c1-6-8-10-12-14-16-18-20-21-22-24-26-28-30-32-34-40-52-42-45(43-54-56(50,51)53-41-39-47(3,4)5)55-46(49)38-35-37-44(48)36-33-31-29-27-25-23-19-17-15-13-11-9-7-2/h15,17,20-21,23,25,29,31,33,36,44-45,48H,6-14,16,18-19,22,24,26-28,30,32,34-35,37-43H2,1-5H3/b17-15+,21-20-,25-23+,31-29+,36-33+. The molecule has 0 saturated heterocycles. The number of hydrogen-bond donors (Lipinski definition) is 1. The van der Waals surface area contributed by atoms with Gasteiger partial charge in [0.25, 0.3) is 7.82 Å². The molecule has 0 aliphatic carbocycles. The highest BCUT2D eigenvalue weighted by molar-refractivity contribution is 7.45. The van der Waals surface area contributed by atoms with Gasteiger partial charge in [-0.2, -0.15) is 0 Å². The van der Waals surface area contributed by atoms with Gasteiger partial charge in [0.05, 0.1) is 40.5 Å². The third-order valence-corrected chi connectivity index (χ3v) is 10.1. The van der Waals surface area contributed by atoms with E-state index < -0.39 is 26.0 Å². The van der Waals surface area contributed by atoms with Crippen molar-refractivity contribution >= 4 is 13.8 Å². The van der Waals surface area contributed by atoms with Gasteiger partial charge in [0, 0.05) is 13.0 Å². The summed E-state index contributed by atoms with van der Waals surface area (Å²) in [6.45, 7) is 5.08. The van der Waals surface area contributed by atoms with Crippen LogP contribution in [0.4, 0.5) is 0 Å². The summed E-state index contributed by atoms with van der Waals surface area (Å²) in [7, 11) is 1.23. The number of quaternary nitrogens is 1. The lowest BCUT2D eigenvalue weighted by molar-refractivity contribution is -0.870. The maximum absolute atomic E-state index is 12.7. The van der Waals surface area contributed by atoms with Crippen molar-refractivity contribution in [2.24, 2.45) is 0 Å². The summed E-state index contributed by atoms with van der Waals surface area (Å²) in [6.07, 6.45) is 44.1. The quantitative estimate of drug-likeness (QED) is 0.0162. The number of allylic oxidation sites excluding steroid dienone is 9. The number of rotatable bonds is 40. The minimum absolute atomic E-state index is 0.0120. The van der Waals surface area contributed by atoms with Crippen LogP contribution >= 0.6 is 7.82 Å². The zero-order chi connectivity index (χ0) is 41.4. The summed E-state index contributed by atoms with van der Waals surface area (Å²) in [5, 5.41) is 10.3. The first kappa shape index (κ1) is 54.2. The summed E-state index contributed by atoms with van der Waals surface area (Å²) in [5.41, 5.74) is 0. The molecule has 56 heavy (non-hydrogen) atoms. The second kappa shape index (κ2) is 38.7. The number of unbranched alkanes of at least 4 members (excludes halogenated alkanes) is 15. The molecule has 1 N–H and O–H groups in total. The molecule has 0 spiro atoms. The van der Waals surface area contributed by atoms with Crippen molar-refractivity contribution in [2.45, 2.75) is 174 Å². The lowest BCUT2D eigenvalue weighted by Crippen LogP contribution is -2.37. The van der Waals surface area contributed by atoms with Crippen LogP contribution in [-0.4, -0.2) is 81.9 Å².